The third-order valence-corrected chi connectivity index (χ3v) is 3.55. The second kappa shape index (κ2) is 6.95. The maximum atomic E-state index is 5.98. The van der Waals surface area contributed by atoms with E-state index in [-0.39, 0.29) is 0 Å². The molecule has 3 N–H and O–H groups in total. The molecule has 0 bridgehead atoms. The molecule has 0 unspecified atom stereocenters. The SMILES string of the molecule is Cc1cc(C)cc(NC(N)=NCc2ccc(-n3cncn3)cc2)c1. The summed E-state index contributed by atoms with van der Waals surface area (Å²) in [6.45, 7) is 4.63. The number of rotatable bonds is 4. The first-order valence-corrected chi connectivity index (χ1v) is 7.69. The number of nitrogens with two attached hydrogens (primary N) is 1. The maximum Gasteiger partial charge on any atom is 0.193 e. The van der Waals surface area contributed by atoms with Crippen LogP contribution in [0, 0.1) is 13.8 Å². The van der Waals surface area contributed by atoms with Crippen molar-refractivity contribution in [3.05, 3.63) is 71.8 Å². The number of hydrogen-bond acceptors (Lipinski definition) is 3. The molecule has 3 rings (SSSR count). The molecule has 0 aliphatic carbocycles. The summed E-state index contributed by atoms with van der Waals surface area (Å²) in [7, 11) is 0. The number of anilines is 1. The van der Waals surface area contributed by atoms with E-state index in [0.717, 1.165) is 16.9 Å². The number of aryl methyl sites for hydroxylation is 2. The van der Waals surface area contributed by atoms with Gasteiger partial charge >= 0.3 is 0 Å². The van der Waals surface area contributed by atoms with Gasteiger partial charge in [0.25, 0.3) is 0 Å². The Balaban J connectivity index is 1.64. The van der Waals surface area contributed by atoms with Gasteiger partial charge in [0.2, 0.25) is 0 Å². The van der Waals surface area contributed by atoms with E-state index in [1.807, 2.05) is 36.4 Å². The second-order valence-electron chi connectivity index (χ2n) is 5.71. The van der Waals surface area contributed by atoms with Crippen LogP contribution in [0.5, 0.6) is 0 Å². The quantitative estimate of drug-likeness (QED) is 0.572. The largest absolute Gasteiger partial charge is 0.370 e. The number of aromatic nitrogens is 3. The minimum Gasteiger partial charge on any atom is -0.370 e. The number of nitrogens with one attached hydrogen (secondary N) is 1. The van der Waals surface area contributed by atoms with E-state index in [4.69, 9.17) is 5.73 Å². The Kier molecular flexibility index (Phi) is 4.56. The summed E-state index contributed by atoms with van der Waals surface area (Å²) in [5.41, 5.74) is 11.3. The second-order valence-corrected chi connectivity index (χ2v) is 5.71. The number of guanidine groups is 1. The molecule has 6 nitrogen and oxygen atoms in total. The first-order chi connectivity index (χ1) is 11.6. The van der Waals surface area contributed by atoms with E-state index in [1.54, 1.807) is 11.0 Å². The fourth-order valence-corrected chi connectivity index (χ4v) is 2.51. The summed E-state index contributed by atoms with van der Waals surface area (Å²) in [5, 5.41) is 7.23. The lowest BCUT2D eigenvalue weighted by atomic mass is 10.1. The molecule has 1 aromatic heterocycles. The first kappa shape index (κ1) is 15.7. The molecule has 0 fully saturated rings. The number of nitrogens with zero attached hydrogens (tertiary/aromatic N) is 4. The molecule has 24 heavy (non-hydrogen) atoms. The summed E-state index contributed by atoms with van der Waals surface area (Å²) in [5.74, 6) is 0.403. The minimum atomic E-state index is 0.403. The van der Waals surface area contributed by atoms with Gasteiger partial charge in [-0.1, -0.05) is 18.2 Å². The molecule has 0 amide bonds. The van der Waals surface area contributed by atoms with Gasteiger partial charge in [-0.15, -0.1) is 0 Å². The normalized spacial score (nSPS) is 11.5. The van der Waals surface area contributed by atoms with Crippen molar-refractivity contribution in [2.45, 2.75) is 20.4 Å². The molecular formula is C18H20N6. The van der Waals surface area contributed by atoms with Gasteiger partial charge in [0.05, 0.1) is 12.2 Å². The summed E-state index contributed by atoms with van der Waals surface area (Å²) in [6, 6.07) is 14.2. The van der Waals surface area contributed by atoms with Crippen LogP contribution in [0.3, 0.4) is 0 Å². The molecule has 3 aromatic rings. The molecule has 0 aliphatic heterocycles. The van der Waals surface area contributed by atoms with Crippen molar-refractivity contribution >= 4 is 11.6 Å². The summed E-state index contributed by atoms with van der Waals surface area (Å²) in [6.07, 6.45) is 3.18. The molecule has 1 heterocycles. The Morgan fingerprint density at radius 1 is 1.12 bits per heavy atom. The molecule has 0 saturated heterocycles. The van der Waals surface area contributed by atoms with Crippen LogP contribution < -0.4 is 11.1 Å². The van der Waals surface area contributed by atoms with Gasteiger partial charge in [-0.3, -0.25) is 0 Å². The Bertz CT molecular complexity index is 814. The van der Waals surface area contributed by atoms with Gasteiger partial charge in [-0.05, 0) is 54.8 Å². The van der Waals surface area contributed by atoms with Crippen molar-refractivity contribution in [2.24, 2.45) is 10.7 Å². The highest BCUT2D eigenvalue weighted by molar-refractivity contribution is 5.92. The Morgan fingerprint density at radius 2 is 1.83 bits per heavy atom. The van der Waals surface area contributed by atoms with Crippen molar-refractivity contribution in [2.75, 3.05) is 5.32 Å². The van der Waals surface area contributed by atoms with Gasteiger partial charge in [0.1, 0.15) is 12.7 Å². The third kappa shape index (κ3) is 3.98. The zero-order valence-corrected chi connectivity index (χ0v) is 13.8. The van der Waals surface area contributed by atoms with Crippen LogP contribution in [-0.2, 0) is 6.54 Å². The number of hydrogen-bond donors (Lipinski definition) is 2. The molecule has 0 saturated carbocycles. The summed E-state index contributed by atoms with van der Waals surface area (Å²) < 4.78 is 1.71. The Morgan fingerprint density at radius 3 is 2.46 bits per heavy atom. The van der Waals surface area contributed by atoms with Crippen LogP contribution in [0.2, 0.25) is 0 Å². The van der Waals surface area contributed by atoms with Crippen molar-refractivity contribution in [1.82, 2.24) is 14.8 Å². The smallest absolute Gasteiger partial charge is 0.193 e. The Hall–Kier alpha value is -3.15. The van der Waals surface area contributed by atoms with Gasteiger partial charge < -0.3 is 11.1 Å². The lowest BCUT2D eigenvalue weighted by Crippen LogP contribution is -2.22. The summed E-state index contributed by atoms with van der Waals surface area (Å²) >= 11 is 0. The average Bonchev–Trinajstić information content (AvgIpc) is 3.07. The molecule has 2 aromatic carbocycles. The zero-order valence-electron chi connectivity index (χ0n) is 13.8. The van der Waals surface area contributed by atoms with Crippen LogP contribution in [0.15, 0.2) is 60.1 Å². The summed E-state index contributed by atoms with van der Waals surface area (Å²) in [4.78, 5) is 8.33. The molecule has 0 spiro atoms. The lowest BCUT2D eigenvalue weighted by molar-refractivity contribution is 0.877. The molecule has 0 radical (unpaired) electrons. The predicted molar refractivity (Wildman–Crippen MR) is 96.2 cm³/mol. The Labute approximate surface area is 141 Å². The van der Waals surface area contributed by atoms with Gasteiger partial charge in [0, 0.05) is 5.69 Å². The average molecular weight is 320 g/mol. The van der Waals surface area contributed by atoms with Gasteiger partial charge in [-0.2, -0.15) is 5.10 Å². The van der Waals surface area contributed by atoms with Crippen LogP contribution in [0.25, 0.3) is 5.69 Å². The van der Waals surface area contributed by atoms with Crippen LogP contribution in [0.1, 0.15) is 16.7 Å². The molecule has 6 heteroatoms. The van der Waals surface area contributed by atoms with E-state index in [2.05, 4.69) is 40.3 Å². The van der Waals surface area contributed by atoms with Crippen molar-refractivity contribution < 1.29 is 0 Å². The van der Waals surface area contributed by atoms with E-state index in [0.29, 0.717) is 12.5 Å². The number of aliphatic imine (C=N–C) groups is 1. The fraction of sp³-hybridized carbons (Fsp3) is 0.167. The van der Waals surface area contributed by atoms with Gasteiger partial charge in [-0.25, -0.2) is 14.7 Å². The van der Waals surface area contributed by atoms with Crippen molar-refractivity contribution in [1.29, 1.82) is 0 Å². The highest BCUT2D eigenvalue weighted by Crippen LogP contribution is 2.13. The van der Waals surface area contributed by atoms with E-state index >= 15 is 0 Å². The van der Waals surface area contributed by atoms with Gasteiger partial charge in [0.15, 0.2) is 5.96 Å². The molecule has 0 aliphatic rings. The standard InChI is InChI=1S/C18H20N6/c1-13-7-14(2)9-16(8-13)23-18(19)21-10-15-3-5-17(6-4-15)24-12-20-11-22-24/h3-9,11-12H,10H2,1-2H3,(H3,19,21,23). The topological polar surface area (TPSA) is 81.1 Å². The van der Waals surface area contributed by atoms with Crippen molar-refractivity contribution in [3.63, 3.8) is 0 Å². The zero-order chi connectivity index (χ0) is 16.9. The number of benzene rings is 2. The first-order valence-electron chi connectivity index (χ1n) is 7.69. The van der Waals surface area contributed by atoms with E-state index in [1.165, 1.54) is 17.5 Å². The van der Waals surface area contributed by atoms with Crippen LogP contribution in [-0.4, -0.2) is 20.7 Å². The fourth-order valence-electron chi connectivity index (χ4n) is 2.51. The van der Waals surface area contributed by atoms with E-state index < -0.39 is 0 Å². The highest BCUT2D eigenvalue weighted by atomic mass is 15.3. The highest BCUT2D eigenvalue weighted by Gasteiger charge is 2.00. The molecular weight excluding hydrogens is 300 g/mol. The van der Waals surface area contributed by atoms with Crippen molar-refractivity contribution in [3.8, 4) is 5.69 Å². The van der Waals surface area contributed by atoms with Crippen LogP contribution in [0.4, 0.5) is 5.69 Å². The monoisotopic (exact) mass is 320 g/mol. The predicted octanol–water partition coefficient (Wildman–Crippen LogP) is 2.81. The lowest BCUT2D eigenvalue weighted by Gasteiger charge is -2.08. The maximum absolute atomic E-state index is 5.98. The van der Waals surface area contributed by atoms with Crippen LogP contribution >= 0.6 is 0 Å². The molecule has 0 atom stereocenters. The minimum absolute atomic E-state index is 0.403. The van der Waals surface area contributed by atoms with E-state index in [9.17, 15) is 0 Å². The third-order valence-electron chi connectivity index (χ3n) is 3.55. The molecule has 122 valence electrons.